The van der Waals surface area contributed by atoms with Gasteiger partial charge in [0, 0.05) is 13.0 Å². The fourth-order valence-electron chi connectivity index (χ4n) is 1.49. The quantitative estimate of drug-likeness (QED) is 0.767. The molecule has 1 aromatic carbocycles. The Morgan fingerprint density at radius 3 is 2.56 bits per heavy atom. The highest BCUT2D eigenvalue weighted by molar-refractivity contribution is 5.27. The number of hydrogen-bond donors (Lipinski definition) is 2. The van der Waals surface area contributed by atoms with Crippen LogP contribution in [0.25, 0.3) is 0 Å². The number of nitrogens with zero attached hydrogens (tertiary/aromatic N) is 1. The zero-order chi connectivity index (χ0) is 13.4. The van der Waals surface area contributed by atoms with E-state index in [4.69, 9.17) is 15.1 Å². The summed E-state index contributed by atoms with van der Waals surface area (Å²) in [5.41, 5.74) is 0.540. The second kappa shape index (κ2) is 7.00. The summed E-state index contributed by atoms with van der Waals surface area (Å²) in [6, 6.07) is 9.86. The van der Waals surface area contributed by atoms with Crippen molar-refractivity contribution >= 4 is 0 Å². The monoisotopic (exact) mass is 248 g/mol. The number of rotatable bonds is 7. The second-order valence-corrected chi connectivity index (χ2v) is 4.41. The maximum Gasteiger partial charge on any atom is 0.119 e. The predicted octanol–water partition coefficient (Wildman–Crippen LogP) is 1.49. The van der Waals surface area contributed by atoms with Crippen LogP contribution in [-0.2, 0) is 6.42 Å². The first kappa shape index (κ1) is 14.5. The Morgan fingerprint density at radius 2 is 2.06 bits per heavy atom. The molecular formula is C14H20N2O2. The van der Waals surface area contributed by atoms with Crippen molar-refractivity contribution in [1.82, 2.24) is 5.32 Å². The summed E-state index contributed by atoms with van der Waals surface area (Å²) in [6.07, 6.45) is 1.28. The van der Waals surface area contributed by atoms with Crippen molar-refractivity contribution < 1.29 is 9.84 Å². The standard InChI is InChI=1S/C14H20N2O2/c1-14(11-15,16-2)8-10-18-13-5-3-12(4-6-13)7-9-17/h3-6,16-17H,7-10H2,1-2H3. The average Bonchev–Trinajstić information content (AvgIpc) is 2.41. The molecule has 0 aliphatic rings. The first-order chi connectivity index (χ1) is 8.63. The summed E-state index contributed by atoms with van der Waals surface area (Å²) >= 11 is 0. The predicted molar refractivity (Wildman–Crippen MR) is 70.4 cm³/mol. The molecule has 0 fully saturated rings. The van der Waals surface area contributed by atoms with Gasteiger partial charge < -0.3 is 15.2 Å². The number of nitrogens with one attached hydrogen (secondary N) is 1. The Bertz CT molecular complexity index is 397. The van der Waals surface area contributed by atoms with Crippen LogP contribution in [0.5, 0.6) is 5.75 Å². The lowest BCUT2D eigenvalue weighted by molar-refractivity contribution is 0.272. The Hall–Kier alpha value is -1.57. The SMILES string of the molecule is CNC(C)(C#N)CCOc1ccc(CCO)cc1. The molecule has 0 saturated carbocycles. The van der Waals surface area contributed by atoms with E-state index < -0.39 is 5.54 Å². The van der Waals surface area contributed by atoms with Crippen LogP contribution in [-0.4, -0.2) is 30.9 Å². The molecule has 0 aliphatic carbocycles. The zero-order valence-corrected chi connectivity index (χ0v) is 10.9. The van der Waals surface area contributed by atoms with Crippen LogP contribution in [0, 0.1) is 11.3 Å². The third-order valence-corrected chi connectivity index (χ3v) is 2.99. The molecule has 0 amide bonds. The Labute approximate surface area is 108 Å². The molecule has 2 N–H and O–H groups in total. The minimum atomic E-state index is -0.545. The van der Waals surface area contributed by atoms with Gasteiger partial charge in [0.25, 0.3) is 0 Å². The number of aliphatic hydroxyl groups excluding tert-OH is 1. The second-order valence-electron chi connectivity index (χ2n) is 4.41. The maximum absolute atomic E-state index is 8.99. The van der Waals surface area contributed by atoms with Crippen LogP contribution in [0.2, 0.25) is 0 Å². The lowest BCUT2D eigenvalue weighted by atomic mass is 10.0. The van der Waals surface area contributed by atoms with Crippen molar-refractivity contribution in [3.8, 4) is 11.8 Å². The molecule has 1 unspecified atom stereocenters. The van der Waals surface area contributed by atoms with Crippen LogP contribution in [0.4, 0.5) is 0 Å². The fourth-order valence-corrected chi connectivity index (χ4v) is 1.49. The minimum absolute atomic E-state index is 0.156. The third kappa shape index (κ3) is 4.36. The van der Waals surface area contributed by atoms with Crippen molar-refractivity contribution in [2.45, 2.75) is 25.3 Å². The topological polar surface area (TPSA) is 65.3 Å². The van der Waals surface area contributed by atoms with Gasteiger partial charge in [-0.15, -0.1) is 0 Å². The van der Waals surface area contributed by atoms with Gasteiger partial charge in [-0.25, -0.2) is 0 Å². The van der Waals surface area contributed by atoms with Gasteiger partial charge in [-0.2, -0.15) is 5.26 Å². The normalized spacial score (nSPS) is 13.7. The van der Waals surface area contributed by atoms with Gasteiger partial charge in [0.2, 0.25) is 0 Å². The number of benzene rings is 1. The molecule has 1 rings (SSSR count). The summed E-state index contributed by atoms with van der Waals surface area (Å²) in [5.74, 6) is 0.785. The van der Waals surface area contributed by atoms with E-state index in [1.54, 1.807) is 7.05 Å². The van der Waals surface area contributed by atoms with Crippen LogP contribution >= 0.6 is 0 Å². The molecule has 4 heteroatoms. The highest BCUT2D eigenvalue weighted by Gasteiger charge is 2.20. The Morgan fingerprint density at radius 1 is 1.39 bits per heavy atom. The molecule has 0 bridgehead atoms. The van der Waals surface area contributed by atoms with E-state index in [-0.39, 0.29) is 6.61 Å². The molecule has 0 heterocycles. The first-order valence-corrected chi connectivity index (χ1v) is 6.06. The molecule has 0 aliphatic heterocycles. The summed E-state index contributed by atoms with van der Waals surface area (Å²) in [4.78, 5) is 0. The van der Waals surface area contributed by atoms with Crippen LogP contribution < -0.4 is 10.1 Å². The van der Waals surface area contributed by atoms with E-state index in [9.17, 15) is 0 Å². The van der Waals surface area contributed by atoms with Gasteiger partial charge in [0.15, 0.2) is 0 Å². The number of ether oxygens (including phenoxy) is 1. The average molecular weight is 248 g/mol. The van der Waals surface area contributed by atoms with Gasteiger partial charge in [0.1, 0.15) is 11.3 Å². The van der Waals surface area contributed by atoms with Crippen molar-refractivity contribution in [1.29, 1.82) is 5.26 Å². The van der Waals surface area contributed by atoms with Crippen LogP contribution in [0.15, 0.2) is 24.3 Å². The van der Waals surface area contributed by atoms with E-state index >= 15 is 0 Å². The third-order valence-electron chi connectivity index (χ3n) is 2.99. The smallest absolute Gasteiger partial charge is 0.119 e. The van der Waals surface area contributed by atoms with E-state index in [2.05, 4.69) is 11.4 Å². The number of hydrogen-bond acceptors (Lipinski definition) is 4. The number of nitriles is 1. The summed E-state index contributed by atoms with van der Waals surface area (Å²) in [5, 5.41) is 20.8. The highest BCUT2D eigenvalue weighted by Crippen LogP contribution is 2.14. The first-order valence-electron chi connectivity index (χ1n) is 6.06. The van der Waals surface area contributed by atoms with Crippen LogP contribution in [0.1, 0.15) is 18.9 Å². The zero-order valence-electron chi connectivity index (χ0n) is 10.9. The van der Waals surface area contributed by atoms with Gasteiger partial charge in [-0.3, -0.25) is 0 Å². The van der Waals surface area contributed by atoms with E-state index in [0.29, 0.717) is 19.4 Å². The summed E-state index contributed by atoms with van der Waals surface area (Å²) in [7, 11) is 1.77. The lowest BCUT2D eigenvalue weighted by Crippen LogP contribution is -2.39. The fraction of sp³-hybridized carbons (Fsp3) is 0.500. The Kier molecular flexibility index (Phi) is 5.63. The Balaban J connectivity index is 2.42. The van der Waals surface area contributed by atoms with Gasteiger partial charge >= 0.3 is 0 Å². The molecule has 4 nitrogen and oxygen atoms in total. The molecule has 0 aromatic heterocycles. The lowest BCUT2D eigenvalue weighted by Gasteiger charge is -2.20. The molecular weight excluding hydrogens is 228 g/mol. The largest absolute Gasteiger partial charge is 0.493 e. The van der Waals surface area contributed by atoms with Gasteiger partial charge in [0.05, 0.1) is 12.7 Å². The van der Waals surface area contributed by atoms with E-state index in [0.717, 1.165) is 11.3 Å². The summed E-state index contributed by atoms with van der Waals surface area (Å²) < 4.78 is 5.58. The summed E-state index contributed by atoms with van der Waals surface area (Å²) in [6.45, 7) is 2.49. The van der Waals surface area contributed by atoms with E-state index in [1.807, 2.05) is 31.2 Å². The molecule has 0 radical (unpaired) electrons. The van der Waals surface area contributed by atoms with E-state index in [1.165, 1.54) is 0 Å². The molecule has 0 spiro atoms. The highest BCUT2D eigenvalue weighted by atomic mass is 16.5. The minimum Gasteiger partial charge on any atom is -0.493 e. The molecule has 98 valence electrons. The molecule has 1 atom stereocenters. The van der Waals surface area contributed by atoms with Crippen LogP contribution in [0.3, 0.4) is 0 Å². The van der Waals surface area contributed by atoms with Crippen molar-refractivity contribution in [3.05, 3.63) is 29.8 Å². The molecule has 18 heavy (non-hydrogen) atoms. The maximum atomic E-state index is 8.99. The van der Waals surface area contributed by atoms with Crippen molar-refractivity contribution in [2.75, 3.05) is 20.3 Å². The molecule has 0 saturated heterocycles. The van der Waals surface area contributed by atoms with Crippen molar-refractivity contribution in [2.24, 2.45) is 0 Å². The van der Waals surface area contributed by atoms with Gasteiger partial charge in [-0.05, 0) is 38.1 Å². The molecule has 1 aromatic rings. The van der Waals surface area contributed by atoms with Gasteiger partial charge in [-0.1, -0.05) is 12.1 Å². The van der Waals surface area contributed by atoms with Crippen molar-refractivity contribution in [3.63, 3.8) is 0 Å². The number of aliphatic hydroxyl groups is 1.